The molecule has 0 radical (unpaired) electrons. The van der Waals surface area contributed by atoms with E-state index in [2.05, 4.69) is 5.32 Å². The van der Waals surface area contributed by atoms with Crippen LogP contribution >= 0.6 is 0 Å². The van der Waals surface area contributed by atoms with Crippen molar-refractivity contribution < 1.29 is 13.2 Å². The fourth-order valence-electron chi connectivity index (χ4n) is 1.33. The van der Waals surface area contributed by atoms with E-state index in [9.17, 15) is 13.2 Å². The highest BCUT2D eigenvalue weighted by molar-refractivity contribution is 7.89. The van der Waals surface area contributed by atoms with Crippen LogP contribution in [-0.2, 0) is 14.8 Å². The molecule has 1 atom stereocenters. The number of amides is 1. The molecule has 7 heteroatoms. The molecule has 0 aliphatic heterocycles. The van der Waals surface area contributed by atoms with Crippen molar-refractivity contribution in [3.8, 4) is 0 Å². The molecule has 0 saturated heterocycles. The molecule has 0 rings (SSSR count). The van der Waals surface area contributed by atoms with E-state index in [0.717, 1.165) is 4.31 Å². The van der Waals surface area contributed by atoms with Gasteiger partial charge in [0.2, 0.25) is 15.9 Å². The molecule has 16 heavy (non-hydrogen) atoms. The van der Waals surface area contributed by atoms with E-state index >= 15 is 0 Å². The van der Waals surface area contributed by atoms with Crippen LogP contribution in [0.15, 0.2) is 0 Å². The maximum Gasteiger partial charge on any atom is 0.235 e. The number of hydrogen-bond donors (Lipinski definition) is 2. The lowest BCUT2D eigenvalue weighted by molar-refractivity contribution is -0.120. The molecule has 0 aliphatic rings. The minimum Gasteiger partial charge on any atom is -0.358 e. The molecule has 0 bridgehead atoms. The van der Waals surface area contributed by atoms with E-state index in [1.54, 1.807) is 13.8 Å². The minimum absolute atomic E-state index is 0.0725. The van der Waals surface area contributed by atoms with Gasteiger partial charge in [0.05, 0.1) is 11.8 Å². The molecular weight excluding hydrogens is 230 g/mol. The largest absolute Gasteiger partial charge is 0.358 e. The molecule has 3 N–H and O–H groups in total. The number of nitrogens with two attached hydrogens (primary N) is 1. The van der Waals surface area contributed by atoms with E-state index in [4.69, 9.17) is 5.73 Å². The van der Waals surface area contributed by atoms with Crippen LogP contribution < -0.4 is 11.1 Å². The first kappa shape index (κ1) is 15.3. The summed E-state index contributed by atoms with van der Waals surface area (Å²) in [5.41, 5.74) is 5.42. The van der Waals surface area contributed by atoms with Gasteiger partial charge in [-0.3, -0.25) is 4.79 Å². The van der Waals surface area contributed by atoms with E-state index in [-0.39, 0.29) is 25.5 Å². The fraction of sp³-hybridized carbons (Fsp3) is 0.889. The van der Waals surface area contributed by atoms with Crippen LogP contribution in [0.4, 0.5) is 0 Å². The number of sulfonamides is 1. The summed E-state index contributed by atoms with van der Waals surface area (Å²) in [6.45, 7) is 3.66. The molecule has 0 aromatic heterocycles. The number of carbonyl (C=O) groups excluding carboxylic acids is 1. The second kappa shape index (κ2) is 6.82. The van der Waals surface area contributed by atoms with E-state index in [1.807, 2.05) is 0 Å². The van der Waals surface area contributed by atoms with Crippen molar-refractivity contribution >= 4 is 15.9 Å². The van der Waals surface area contributed by atoms with Gasteiger partial charge in [0.15, 0.2) is 0 Å². The maximum absolute atomic E-state index is 12.0. The summed E-state index contributed by atoms with van der Waals surface area (Å²) in [5.74, 6) is -0.322. The number of nitrogens with zero attached hydrogens (tertiary/aromatic N) is 1. The second-order valence-electron chi connectivity index (χ2n) is 3.41. The van der Waals surface area contributed by atoms with Crippen LogP contribution in [0.25, 0.3) is 0 Å². The summed E-state index contributed by atoms with van der Waals surface area (Å²) in [6, 6.07) is 0. The Morgan fingerprint density at radius 1 is 1.44 bits per heavy atom. The second-order valence-corrected chi connectivity index (χ2v) is 5.62. The van der Waals surface area contributed by atoms with Gasteiger partial charge in [-0.05, 0) is 6.42 Å². The van der Waals surface area contributed by atoms with Crippen molar-refractivity contribution in [2.75, 3.05) is 26.7 Å². The summed E-state index contributed by atoms with van der Waals surface area (Å²) in [6.07, 6.45) is 0.447. The van der Waals surface area contributed by atoms with Gasteiger partial charge in [0, 0.05) is 20.1 Å². The third kappa shape index (κ3) is 3.73. The van der Waals surface area contributed by atoms with Crippen molar-refractivity contribution in [1.29, 1.82) is 0 Å². The standard InChI is InChI=1S/C9H21N3O3S/c1-4-8(6-10)16(14,15)12(5-2)7-9(13)11-3/h8H,4-7,10H2,1-3H3,(H,11,13). The summed E-state index contributed by atoms with van der Waals surface area (Å²) >= 11 is 0. The number of likely N-dealkylation sites (N-methyl/N-ethyl adjacent to an activating group) is 2. The Labute approximate surface area is 97.2 Å². The van der Waals surface area contributed by atoms with Crippen LogP contribution in [-0.4, -0.2) is 50.6 Å². The molecule has 0 fully saturated rings. The predicted octanol–water partition coefficient (Wildman–Crippen LogP) is -0.879. The Bertz CT molecular complexity index is 312. The van der Waals surface area contributed by atoms with Gasteiger partial charge in [-0.25, -0.2) is 8.42 Å². The molecular formula is C9H21N3O3S. The molecule has 0 spiro atoms. The minimum atomic E-state index is -3.47. The van der Waals surface area contributed by atoms with Crippen molar-refractivity contribution in [2.24, 2.45) is 5.73 Å². The zero-order chi connectivity index (χ0) is 12.8. The van der Waals surface area contributed by atoms with Crippen LogP contribution in [0.3, 0.4) is 0 Å². The van der Waals surface area contributed by atoms with Gasteiger partial charge in [-0.1, -0.05) is 13.8 Å². The van der Waals surface area contributed by atoms with Gasteiger partial charge in [-0.2, -0.15) is 4.31 Å². The Kier molecular flexibility index (Phi) is 6.54. The van der Waals surface area contributed by atoms with Crippen LogP contribution in [0.2, 0.25) is 0 Å². The third-order valence-corrected chi connectivity index (χ3v) is 4.93. The monoisotopic (exact) mass is 251 g/mol. The molecule has 0 aliphatic carbocycles. The molecule has 0 aromatic carbocycles. The summed E-state index contributed by atoms with van der Waals surface area (Å²) in [4.78, 5) is 11.2. The van der Waals surface area contributed by atoms with Gasteiger partial charge < -0.3 is 11.1 Å². The molecule has 0 heterocycles. The molecule has 0 saturated carbocycles. The average Bonchev–Trinajstić information content (AvgIpc) is 2.26. The summed E-state index contributed by atoms with van der Waals surface area (Å²) < 4.78 is 25.2. The average molecular weight is 251 g/mol. The highest BCUT2D eigenvalue weighted by Gasteiger charge is 2.29. The SMILES string of the molecule is CCC(CN)S(=O)(=O)N(CC)CC(=O)NC. The Morgan fingerprint density at radius 3 is 2.31 bits per heavy atom. The highest BCUT2D eigenvalue weighted by Crippen LogP contribution is 2.11. The Balaban J connectivity index is 4.86. The topological polar surface area (TPSA) is 92.5 Å². The number of nitrogens with one attached hydrogen (secondary N) is 1. The molecule has 0 aromatic rings. The maximum atomic E-state index is 12.0. The van der Waals surface area contributed by atoms with Crippen molar-refractivity contribution in [3.63, 3.8) is 0 Å². The van der Waals surface area contributed by atoms with Gasteiger partial charge >= 0.3 is 0 Å². The van der Waals surface area contributed by atoms with Crippen LogP contribution in [0.1, 0.15) is 20.3 Å². The molecule has 1 unspecified atom stereocenters. The van der Waals surface area contributed by atoms with Crippen molar-refractivity contribution in [3.05, 3.63) is 0 Å². The first-order valence-corrected chi connectivity index (χ1v) is 6.83. The molecule has 1 amide bonds. The predicted molar refractivity (Wildman–Crippen MR) is 63.4 cm³/mol. The lowest BCUT2D eigenvalue weighted by Gasteiger charge is -2.24. The number of rotatable bonds is 7. The molecule has 96 valence electrons. The van der Waals surface area contributed by atoms with Gasteiger partial charge in [0.25, 0.3) is 0 Å². The summed E-state index contributed by atoms with van der Waals surface area (Å²) in [5, 5.41) is 1.79. The first-order chi connectivity index (χ1) is 7.43. The van der Waals surface area contributed by atoms with Crippen LogP contribution in [0, 0.1) is 0 Å². The van der Waals surface area contributed by atoms with E-state index < -0.39 is 15.3 Å². The normalized spacial score (nSPS) is 13.8. The zero-order valence-electron chi connectivity index (χ0n) is 10.1. The smallest absolute Gasteiger partial charge is 0.235 e. The van der Waals surface area contributed by atoms with E-state index in [0.29, 0.717) is 6.42 Å². The quantitative estimate of drug-likeness (QED) is 0.614. The first-order valence-electron chi connectivity index (χ1n) is 5.33. The van der Waals surface area contributed by atoms with Crippen LogP contribution in [0.5, 0.6) is 0 Å². The Morgan fingerprint density at radius 2 is 2.00 bits per heavy atom. The third-order valence-electron chi connectivity index (χ3n) is 2.45. The van der Waals surface area contributed by atoms with Gasteiger partial charge in [0.1, 0.15) is 0 Å². The number of hydrogen-bond acceptors (Lipinski definition) is 4. The Hall–Kier alpha value is -0.660. The lowest BCUT2D eigenvalue weighted by Crippen LogP contribution is -2.45. The fourth-order valence-corrected chi connectivity index (χ4v) is 3.07. The number of carbonyl (C=O) groups is 1. The van der Waals surface area contributed by atoms with E-state index in [1.165, 1.54) is 7.05 Å². The zero-order valence-corrected chi connectivity index (χ0v) is 10.9. The summed E-state index contributed by atoms with van der Waals surface area (Å²) in [7, 11) is -2.00. The lowest BCUT2D eigenvalue weighted by atomic mass is 10.3. The highest BCUT2D eigenvalue weighted by atomic mass is 32.2. The van der Waals surface area contributed by atoms with Gasteiger partial charge in [-0.15, -0.1) is 0 Å². The van der Waals surface area contributed by atoms with Crippen molar-refractivity contribution in [1.82, 2.24) is 9.62 Å². The molecule has 6 nitrogen and oxygen atoms in total. The van der Waals surface area contributed by atoms with Crippen molar-refractivity contribution in [2.45, 2.75) is 25.5 Å².